The number of amides is 2. The molecule has 7 heteroatoms. The van der Waals surface area contributed by atoms with Crippen LogP contribution in [0, 0.1) is 15.9 Å². The highest BCUT2D eigenvalue weighted by Gasteiger charge is 2.16. The van der Waals surface area contributed by atoms with E-state index >= 15 is 0 Å². The summed E-state index contributed by atoms with van der Waals surface area (Å²) in [4.78, 5) is 21.3. The molecule has 0 aliphatic rings. The van der Waals surface area contributed by atoms with Crippen molar-refractivity contribution in [1.29, 1.82) is 0 Å². The maximum absolute atomic E-state index is 12.9. The van der Waals surface area contributed by atoms with Crippen LogP contribution in [0.5, 0.6) is 0 Å². The molecule has 0 aliphatic heterocycles. The van der Waals surface area contributed by atoms with Gasteiger partial charge in [0.1, 0.15) is 11.5 Å². The monoisotopic (exact) mass is 255 g/mol. The van der Waals surface area contributed by atoms with Gasteiger partial charge < -0.3 is 10.6 Å². The number of hydrogen-bond donors (Lipinski definition) is 2. The number of rotatable bonds is 5. The van der Waals surface area contributed by atoms with Crippen LogP contribution in [0.25, 0.3) is 0 Å². The third kappa shape index (κ3) is 4.00. The first kappa shape index (κ1) is 13.9. The number of carbonyl (C=O) groups is 1. The summed E-state index contributed by atoms with van der Waals surface area (Å²) >= 11 is 0. The second-order valence-electron chi connectivity index (χ2n) is 3.65. The first-order valence-electron chi connectivity index (χ1n) is 5.53. The molecule has 0 spiro atoms. The fourth-order valence-corrected chi connectivity index (χ4v) is 1.31. The van der Waals surface area contributed by atoms with Crippen molar-refractivity contribution in [1.82, 2.24) is 5.32 Å². The SMILES string of the molecule is CCCCNC(=O)Nc1ccc(F)cc1[N+](=O)[O-]. The zero-order chi connectivity index (χ0) is 13.5. The number of nitro benzene ring substituents is 1. The Balaban J connectivity index is 2.72. The maximum atomic E-state index is 12.9. The Kier molecular flexibility index (Phi) is 5.04. The molecule has 0 unspecified atom stereocenters. The predicted molar refractivity (Wildman–Crippen MR) is 65.0 cm³/mol. The number of nitro groups is 1. The quantitative estimate of drug-likeness (QED) is 0.482. The number of nitrogens with one attached hydrogen (secondary N) is 2. The van der Waals surface area contributed by atoms with Crippen LogP contribution in [-0.2, 0) is 0 Å². The zero-order valence-corrected chi connectivity index (χ0v) is 9.90. The van der Waals surface area contributed by atoms with E-state index in [1.54, 1.807) is 0 Å². The largest absolute Gasteiger partial charge is 0.338 e. The third-order valence-electron chi connectivity index (χ3n) is 2.22. The fraction of sp³-hybridized carbons (Fsp3) is 0.364. The minimum absolute atomic E-state index is 0.0320. The summed E-state index contributed by atoms with van der Waals surface area (Å²) in [6, 6.07) is 2.43. The number of urea groups is 1. The molecule has 0 aromatic heterocycles. The molecule has 1 aromatic rings. The van der Waals surface area contributed by atoms with Crippen molar-refractivity contribution in [2.45, 2.75) is 19.8 Å². The fourth-order valence-electron chi connectivity index (χ4n) is 1.31. The molecular weight excluding hydrogens is 241 g/mol. The van der Waals surface area contributed by atoms with Crippen LogP contribution < -0.4 is 10.6 Å². The van der Waals surface area contributed by atoms with Gasteiger partial charge in [-0.2, -0.15) is 0 Å². The molecule has 0 saturated carbocycles. The van der Waals surface area contributed by atoms with Crippen molar-refractivity contribution in [2.24, 2.45) is 0 Å². The van der Waals surface area contributed by atoms with Gasteiger partial charge in [-0.05, 0) is 18.6 Å². The molecule has 0 bridgehead atoms. The number of unbranched alkanes of at least 4 members (excludes halogenated alkanes) is 1. The lowest BCUT2D eigenvalue weighted by molar-refractivity contribution is -0.384. The summed E-state index contributed by atoms with van der Waals surface area (Å²) in [6.07, 6.45) is 1.75. The number of anilines is 1. The van der Waals surface area contributed by atoms with Gasteiger partial charge in [-0.1, -0.05) is 13.3 Å². The highest BCUT2D eigenvalue weighted by Crippen LogP contribution is 2.24. The summed E-state index contributed by atoms with van der Waals surface area (Å²) in [5.41, 5.74) is -0.504. The van der Waals surface area contributed by atoms with E-state index in [2.05, 4.69) is 10.6 Å². The highest BCUT2D eigenvalue weighted by atomic mass is 19.1. The van der Waals surface area contributed by atoms with Gasteiger partial charge in [0.2, 0.25) is 0 Å². The molecule has 0 radical (unpaired) electrons. The molecule has 1 rings (SSSR count). The van der Waals surface area contributed by atoms with Gasteiger partial charge in [0, 0.05) is 6.54 Å². The van der Waals surface area contributed by atoms with E-state index in [1.807, 2.05) is 6.92 Å². The molecule has 2 amide bonds. The van der Waals surface area contributed by atoms with E-state index in [9.17, 15) is 19.3 Å². The minimum atomic E-state index is -0.745. The molecule has 0 fully saturated rings. The van der Waals surface area contributed by atoms with E-state index in [0.717, 1.165) is 31.0 Å². The molecule has 0 saturated heterocycles. The molecule has 6 nitrogen and oxygen atoms in total. The normalized spacial score (nSPS) is 9.89. The second kappa shape index (κ2) is 6.53. The van der Waals surface area contributed by atoms with Crippen molar-refractivity contribution in [3.05, 3.63) is 34.1 Å². The summed E-state index contributed by atoms with van der Waals surface area (Å²) in [5, 5.41) is 15.5. The summed E-state index contributed by atoms with van der Waals surface area (Å²) in [6.45, 7) is 2.46. The van der Waals surface area contributed by atoms with Crippen LogP contribution in [0.15, 0.2) is 18.2 Å². The maximum Gasteiger partial charge on any atom is 0.319 e. The van der Waals surface area contributed by atoms with Crippen molar-refractivity contribution < 1.29 is 14.1 Å². The standard InChI is InChI=1S/C11H14FN3O3/c1-2-3-6-13-11(16)14-9-5-4-8(12)7-10(9)15(17)18/h4-5,7H,2-3,6H2,1H3,(H2,13,14,16). The Morgan fingerprint density at radius 2 is 2.22 bits per heavy atom. The average molecular weight is 255 g/mol. The minimum Gasteiger partial charge on any atom is -0.338 e. The Hall–Kier alpha value is -2.18. The summed E-state index contributed by atoms with van der Waals surface area (Å²) < 4.78 is 12.9. The topological polar surface area (TPSA) is 84.3 Å². The number of nitrogens with zero attached hydrogens (tertiary/aromatic N) is 1. The Morgan fingerprint density at radius 3 is 2.83 bits per heavy atom. The Labute approximate surface area is 103 Å². The van der Waals surface area contributed by atoms with Crippen molar-refractivity contribution in [2.75, 3.05) is 11.9 Å². The van der Waals surface area contributed by atoms with E-state index in [4.69, 9.17) is 0 Å². The Morgan fingerprint density at radius 1 is 1.50 bits per heavy atom. The Bertz CT molecular complexity index is 451. The summed E-state index contributed by atoms with van der Waals surface area (Å²) in [7, 11) is 0. The lowest BCUT2D eigenvalue weighted by atomic mass is 10.2. The van der Waals surface area contributed by atoms with Gasteiger partial charge in [0.15, 0.2) is 0 Å². The van der Waals surface area contributed by atoms with Crippen LogP contribution in [-0.4, -0.2) is 17.5 Å². The van der Waals surface area contributed by atoms with Crippen LogP contribution in [0.3, 0.4) is 0 Å². The van der Waals surface area contributed by atoms with Gasteiger partial charge in [-0.25, -0.2) is 9.18 Å². The van der Waals surface area contributed by atoms with Crippen molar-refractivity contribution >= 4 is 17.4 Å². The number of benzene rings is 1. The van der Waals surface area contributed by atoms with Crippen LogP contribution >= 0.6 is 0 Å². The first-order valence-corrected chi connectivity index (χ1v) is 5.53. The third-order valence-corrected chi connectivity index (χ3v) is 2.22. The number of halogens is 1. The van der Waals surface area contributed by atoms with Gasteiger partial charge in [0.05, 0.1) is 11.0 Å². The smallest absolute Gasteiger partial charge is 0.319 e. The molecule has 0 aliphatic carbocycles. The second-order valence-corrected chi connectivity index (χ2v) is 3.65. The first-order chi connectivity index (χ1) is 8.54. The zero-order valence-electron chi connectivity index (χ0n) is 9.90. The van der Waals surface area contributed by atoms with Crippen LogP contribution in [0.2, 0.25) is 0 Å². The van der Waals surface area contributed by atoms with E-state index in [-0.39, 0.29) is 5.69 Å². The summed E-state index contributed by atoms with van der Waals surface area (Å²) in [5.74, 6) is -0.723. The van der Waals surface area contributed by atoms with E-state index < -0.39 is 22.5 Å². The van der Waals surface area contributed by atoms with Gasteiger partial charge in [-0.3, -0.25) is 10.1 Å². The molecule has 2 N–H and O–H groups in total. The predicted octanol–water partition coefficient (Wildman–Crippen LogP) is 2.66. The molecule has 18 heavy (non-hydrogen) atoms. The van der Waals surface area contributed by atoms with E-state index in [1.165, 1.54) is 0 Å². The lowest BCUT2D eigenvalue weighted by Crippen LogP contribution is -2.29. The van der Waals surface area contributed by atoms with Gasteiger partial charge >= 0.3 is 6.03 Å². The molecule has 1 aromatic carbocycles. The molecule has 0 atom stereocenters. The van der Waals surface area contributed by atoms with Gasteiger partial charge in [-0.15, -0.1) is 0 Å². The van der Waals surface area contributed by atoms with Crippen molar-refractivity contribution in [3.63, 3.8) is 0 Å². The van der Waals surface area contributed by atoms with E-state index in [0.29, 0.717) is 6.54 Å². The molecule has 0 heterocycles. The van der Waals surface area contributed by atoms with Crippen LogP contribution in [0.1, 0.15) is 19.8 Å². The number of carbonyl (C=O) groups excluding carboxylic acids is 1. The van der Waals surface area contributed by atoms with Crippen LogP contribution in [0.4, 0.5) is 20.6 Å². The van der Waals surface area contributed by atoms with Crippen molar-refractivity contribution in [3.8, 4) is 0 Å². The molecule has 98 valence electrons. The van der Waals surface area contributed by atoms with Gasteiger partial charge in [0.25, 0.3) is 5.69 Å². The highest BCUT2D eigenvalue weighted by molar-refractivity contribution is 5.91. The number of hydrogen-bond acceptors (Lipinski definition) is 3. The average Bonchev–Trinajstić information content (AvgIpc) is 2.31. The molecular formula is C11H14FN3O3. The lowest BCUT2D eigenvalue weighted by Gasteiger charge is -2.07.